The maximum Gasteiger partial charge on any atom is 0.339 e. The zero-order chi connectivity index (χ0) is 20.3. The van der Waals surface area contributed by atoms with Crippen molar-refractivity contribution in [2.24, 2.45) is 5.92 Å². The Morgan fingerprint density at radius 1 is 1.00 bits per heavy atom. The third-order valence-corrected chi connectivity index (χ3v) is 6.11. The highest BCUT2D eigenvalue weighted by molar-refractivity contribution is 6.00. The van der Waals surface area contributed by atoms with Crippen LogP contribution in [0.1, 0.15) is 70.6 Å². The van der Waals surface area contributed by atoms with Crippen LogP contribution < -0.4 is 0 Å². The SMILES string of the molecule is COC(=O)c1c(C)[nH]c(C(=O)N2CCC(CC(=O)N3CCCCC3)CC2)c1C. The second-order valence-corrected chi connectivity index (χ2v) is 8.00. The molecule has 7 nitrogen and oxygen atoms in total. The summed E-state index contributed by atoms with van der Waals surface area (Å²) in [6.45, 7) is 6.61. The van der Waals surface area contributed by atoms with Crippen LogP contribution in [-0.2, 0) is 9.53 Å². The van der Waals surface area contributed by atoms with E-state index < -0.39 is 5.97 Å². The number of likely N-dealkylation sites (tertiary alicyclic amines) is 2. The normalized spacial score (nSPS) is 18.2. The lowest BCUT2D eigenvalue weighted by molar-refractivity contribution is -0.133. The second-order valence-electron chi connectivity index (χ2n) is 8.00. The number of carbonyl (C=O) groups excluding carboxylic acids is 3. The molecule has 154 valence electrons. The van der Waals surface area contributed by atoms with Crippen LogP contribution in [0.2, 0.25) is 0 Å². The maximum atomic E-state index is 12.9. The number of aromatic amines is 1. The molecule has 3 rings (SSSR count). The molecule has 2 saturated heterocycles. The van der Waals surface area contributed by atoms with Crippen LogP contribution in [0.5, 0.6) is 0 Å². The van der Waals surface area contributed by atoms with Gasteiger partial charge in [-0.05, 0) is 57.4 Å². The summed E-state index contributed by atoms with van der Waals surface area (Å²) in [7, 11) is 1.34. The summed E-state index contributed by atoms with van der Waals surface area (Å²) in [4.78, 5) is 44.2. The predicted octanol–water partition coefficient (Wildman–Crippen LogP) is 2.67. The van der Waals surface area contributed by atoms with Crippen LogP contribution in [0.4, 0.5) is 0 Å². The molecule has 0 spiro atoms. The van der Waals surface area contributed by atoms with E-state index in [9.17, 15) is 14.4 Å². The van der Waals surface area contributed by atoms with Crippen LogP contribution >= 0.6 is 0 Å². The molecule has 0 saturated carbocycles. The molecule has 0 atom stereocenters. The molecule has 2 aliphatic rings. The van der Waals surface area contributed by atoms with Gasteiger partial charge in [-0.15, -0.1) is 0 Å². The number of nitrogens with zero attached hydrogens (tertiary/aromatic N) is 2. The fraction of sp³-hybridized carbons (Fsp3) is 0.667. The van der Waals surface area contributed by atoms with E-state index in [1.165, 1.54) is 13.5 Å². The number of rotatable bonds is 4. The summed E-state index contributed by atoms with van der Waals surface area (Å²) in [6.07, 6.45) is 5.72. The van der Waals surface area contributed by atoms with E-state index in [-0.39, 0.29) is 11.8 Å². The number of aromatic nitrogens is 1. The van der Waals surface area contributed by atoms with Gasteiger partial charge in [0.1, 0.15) is 5.69 Å². The Morgan fingerprint density at radius 3 is 2.25 bits per heavy atom. The minimum absolute atomic E-state index is 0.0865. The van der Waals surface area contributed by atoms with E-state index in [0.29, 0.717) is 47.9 Å². The van der Waals surface area contributed by atoms with Gasteiger partial charge >= 0.3 is 5.97 Å². The largest absolute Gasteiger partial charge is 0.465 e. The van der Waals surface area contributed by atoms with Gasteiger partial charge in [-0.3, -0.25) is 9.59 Å². The number of ether oxygens (including phenoxy) is 1. The predicted molar refractivity (Wildman–Crippen MR) is 105 cm³/mol. The van der Waals surface area contributed by atoms with Crippen molar-refractivity contribution < 1.29 is 19.1 Å². The summed E-state index contributed by atoms with van der Waals surface area (Å²) in [5, 5.41) is 0. The third-order valence-electron chi connectivity index (χ3n) is 6.11. The monoisotopic (exact) mass is 389 g/mol. The molecule has 1 aromatic rings. The lowest BCUT2D eigenvalue weighted by Gasteiger charge is -2.33. The molecule has 0 aliphatic carbocycles. The van der Waals surface area contributed by atoms with Crippen molar-refractivity contribution in [3.8, 4) is 0 Å². The molecule has 0 radical (unpaired) electrons. The van der Waals surface area contributed by atoms with Crippen molar-refractivity contribution in [1.29, 1.82) is 0 Å². The summed E-state index contributed by atoms with van der Waals surface area (Å²) in [5.74, 6) is 0.0930. The number of carbonyl (C=O) groups is 3. The molecule has 28 heavy (non-hydrogen) atoms. The minimum atomic E-state index is -0.430. The van der Waals surface area contributed by atoms with Crippen LogP contribution in [0, 0.1) is 19.8 Å². The van der Waals surface area contributed by atoms with E-state index in [1.54, 1.807) is 13.8 Å². The quantitative estimate of drug-likeness (QED) is 0.803. The van der Waals surface area contributed by atoms with Gasteiger partial charge in [-0.1, -0.05) is 0 Å². The minimum Gasteiger partial charge on any atom is -0.465 e. The van der Waals surface area contributed by atoms with Crippen LogP contribution in [0.25, 0.3) is 0 Å². The molecule has 0 aromatic carbocycles. The Hall–Kier alpha value is -2.31. The first-order valence-electron chi connectivity index (χ1n) is 10.3. The fourth-order valence-corrected chi connectivity index (χ4v) is 4.39. The number of hydrogen-bond donors (Lipinski definition) is 1. The summed E-state index contributed by atoms with van der Waals surface area (Å²) in [5.41, 5.74) is 2.18. The lowest BCUT2D eigenvalue weighted by Crippen LogP contribution is -2.41. The van der Waals surface area contributed by atoms with Crippen molar-refractivity contribution in [1.82, 2.24) is 14.8 Å². The van der Waals surface area contributed by atoms with Crippen LogP contribution in [0.3, 0.4) is 0 Å². The number of nitrogens with one attached hydrogen (secondary N) is 1. The first-order valence-corrected chi connectivity index (χ1v) is 10.3. The molecule has 7 heteroatoms. The smallest absolute Gasteiger partial charge is 0.339 e. The number of methoxy groups -OCH3 is 1. The third kappa shape index (κ3) is 4.23. The number of amides is 2. The zero-order valence-corrected chi connectivity index (χ0v) is 17.2. The van der Waals surface area contributed by atoms with E-state index in [4.69, 9.17) is 4.74 Å². The zero-order valence-electron chi connectivity index (χ0n) is 17.2. The van der Waals surface area contributed by atoms with Gasteiger partial charge in [0.25, 0.3) is 5.91 Å². The first-order chi connectivity index (χ1) is 13.4. The summed E-state index contributed by atoms with van der Waals surface area (Å²) < 4.78 is 4.82. The van der Waals surface area contributed by atoms with Crippen LogP contribution in [0.15, 0.2) is 0 Å². The summed E-state index contributed by atoms with van der Waals surface area (Å²) in [6, 6.07) is 0. The van der Waals surface area contributed by atoms with Crippen LogP contribution in [-0.4, -0.2) is 65.9 Å². The second kappa shape index (κ2) is 8.80. The highest BCUT2D eigenvalue weighted by Gasteiger charge is 2.30. The van der Waals surface area contributed by atoms with Crippen molar-refractivity contribution in [3.63, 3.8) is 0 Å². The Kier molecular flexibility index (Phi) is 6.42. The highest BCUT2D eigenvalue weighted by atomic mass is 16.5. The first kappa shape index (κ1) is 20.4. The van der Waals surface area contributed by atoms with Gasteiger partial charge in [0.2, 0.25) is 5.91 Å². The molecular weight excluding hydrogens is 358 g/mol. The maximum absolute atomic E-state index is 12.9. The van der Waals surface area contributed by atoms with Gasteiger partial charge in [0.15, 0.2) is 0 Å². The average molecular weight is 389 g/mol. The molecule has 1 aromatic heterocycles. The van der Waals surface area contributed by atoms with Crippen molar-refractivity contribution in [2.75, 3.05) is 33.3 Å². The number of esters is 1. The Labute approximate surface area is 166 Å². The van der Waals surface area contributed by atoms with Crippen molar-refractivity contribution in [2.45, 2.75) is 52.4 Å². The number of piperidine rings is 2. The lowest BCUT2D eigenvalue weighted by atomic mass is 9.92. The summed E-state index contributed by atoms with van der Waals surface area (Å²) >= 11 is 0. The Balaban J connectivity index is 1.57. The molecule has 0 bridgehead atoms. The van der Waals surface area contributed by atoms with E-state index >= 15 is 0 Å². The van der Waals surface area contributed by atoms with Crippen molar-refractivity contribution in [3.05, 3.63) is 22.5 Å². The van der Waals surface area contributed by atoms with E-state index in [1.807, 2.05) is 9.80 Å². The average Bonchev–Trinajstić information content (AvgIpc) is 3.02. The van der Waals surface area contributed by atoms with E-state index in [0.717, 1.165) is 38.8 Å². The van der Waals surface area contributed by atoms with Crippen molar-refractivity contribution >= 4 is 17.8 Å². The standard InChI is InChI=1S/C21H31N3O4/c1-14-18(21(27)28-3)15(2)22-19(14)20(26)24-11-7-16(8-12-24)13-17(25)23-9-5-4-6-10-23/h16,22H,4-13H2,1-3H3. The molecule has 1 N–H and O–H groups in total. The van der Waals surface area contributed by atoms with Gasteiger partial charge < -0.3 is 19.5 Å². The fourth-order valence-electron chi connectivity index (χ4n) is 4.39. The molecule has 2 fully saturated rings. The Bertz CT molecular complexity index is 741. The number of H-pyrrole nitrogens is 1. The molecule has 3 heterocycles. The topological polar surface area (TPSA) is 82.7 Å². The number of aryl methyl sites for hydroxylation is 1. The molecular formula is C21H31N3O4. The molecule has 2 aliphatic heterocycles. The molecule has 0 unspecified atom stereocenters. The highest BCUT2D eigenvalue weighted by Crippen LogP contribution is 2.26. The number of hydrogen-bond acceptors (Lipinski definition) is 4. The van der Waals surface area contributed by atoms with Gasteiger partial charge in [0.05, 0.1) is 12.7 Å². The Morgan fingerprint density at radius 2 is 1.64 bits per heavy atom. The van der Waals surface area contributed by atoms with Gasteiger partial charge in [-0.25, -0.2) is 4.79 Å². The van der Waals surface area contributed by atoms with Gasteiger partial charge in [0, 0.05) is 38.3 Å². The van der Waals surface area contributed by atoms with Gasteiger partial charge in [-0.2, -0.15) is 0 Å². The van der Waals surface area contributed by atoms with E-state index in [2.05, 4.69) is 4.98 Å². The molecule has 2 amide bonds.